The van der Waals surface area contributed by atoms with Gasteiger partial charge in [0, 0.05) is 24.3 Å². The zero-order valence-electron chi connectivity index (χ0n) is 10.8. The SMILES string of the molecule is COc1c(C(N)CCC(=O)O)cccc1S(C)(=O)=O. The van der Waals surface area contributed by atoms with Crippen molar-refractivity contribution in [2.45, 2.75) is 23.8 Å². The summed E-state index contributed by atoms with van der Waals surface area (Å²) in [6, 6.07) is 4.05. The van der Waals surface area contributed by atoms with Gasteiger partial charge in [0.25, 0.3) is 0 Å². The molecule has 7 heteroatoms. The number of aliphatic carboxylic acids is 1. The molecule has 19 heavy (non-hydrogen) atoms. The molecule has 3 N–H and O–H groups in total. The zero-order valence-corrected chi connectivity index (χ0v) is 11.6. The molecule has 0 aliphatic carbocycles. The second kappa shape index (κ2) is 6.03. The normalized spacial score (nSPS) is 13.0. The van der Waals surface area contributed by atoms with Crippen LogP contribution in [0.4, 0.5) is 0 Å². The van der Waals surface area contributed by atoms with Gasteiger partial charge >= 0.3 is 5.97 Å². The molecule has 0 spiro atoms. The van der Waals surface area contributed by atoms with Crippen LogP contribution in [-0.4, -0.2) is 32.9 Å². The van der Waals surface area contributed by atoms with E-state index in [4.69, 9.17) is 15.6 Å². The fourth-order valence-corrected chi connectivity index (χ4v) is 2.63. The third-order valence-electron chi connectivity index (χ3n) is 2.68. The van der Waals surface area contributed by atoms with Crippen molar-refractivity contribution in [3.05, 3.63) is 23.8 Å². The first-order valence-electron chi connectivity index (χ1n) is 5.61. The Bertz CT molecular complexity index is 567. The number of rotatable bonds is 6. The van der Waals surface area contributed by atoms with Crippen LogP contribution in [0.15, 0.2) is 23.1 Å². The minimum atomic E-state index is -3.43. The van der Waals surface area contributed by atoms with Gasteiger partial charge in [0.2, 0.25) is 0 Å². The van der Waals surface area contributed by atoms with E-state index in [0.29, 0.717) is 5.56 Å². The Labute approximate surface area is 112 Å². The van der Waals surface area contributed by atoms with E-state index in [1.54, 1.807) is 12.1 Å². The molecule has 6 nitrogen and oxygen atoms in total. The van der Waals surface area contributed by atoms with Gasteiger partial charge in [-0.15, -0.1) is 0 Å². The molecule has 0 heterocycles. The van der Waals surface area contributed by atoms with Crippen LogP contribution in [0.1, 0.15) is 24.4 Å². The number of para-hydroxylation sites is 1. The van der Waals surface area contributed by atoms with Crippen molar-refractivity contribution in [1.82, 2.24) is 0 Å². The summed E-state index contributed by atoms with van der Waals surface area (Å²) in [5.74, 6) is -0.767. The van der Waals surface area contributed by atoms with Crippen molar-refractivity contribution >= 4 is 15.8 Å². The van der Waals surface area contributed by atoms with Crippen LogP contribution in [0.5, 0.6) is 5.75 Å². The monoisotopic (exact) mass is 287 g/mol. The third-order valence-corrected chi connectivity index (χ3v) is 3.80. The number of carboxylic acids is 1. The van der Waals surface area contributed by atoms with Gasteiger partial charge in [-0.1, -0.05) is 12.1 Å². The molecule has 1 aromatic rings. The lowest BCUT2D eigenvalue weighted by molar-refractivity contribution is -0.137. The standard InChI is InChI=1S/C12H17NO5S/c1-18-12-8(9(13)6-7-11(14)15)4-3-5-10(12)19(2,16)17/h3-5,9H,6-7,13H2,1-2H3,(H,14,15). The highest BCUT2D eigenvalue weighted by atomic mass is 32.2. The Morgan fingerprint density at radius 3 is 2.58 bits per heavy atom. The molecule has 0 saturated carbocycles. The Morgan fingerprint density at radius 2 is 2.11 bits per heavy atom. The number of methoxy groups -OCH3 is 1. The van der Waals surface area contributed by atoms with Crippen LogP contribution < -0.4 is 10.5 Å². The van der Waals surface area contributed by atoms with E-state index in [9.17, 15) is 13.2 Å². The Hall–Kier alpha value is -1.60. The lowest BCUT2D eigenvalue weighted by Crippen LogP contribution is -2.15. The molecule has 1 rings (SSSR count). The van der Waals surface area contributed by atoms with E-state index in [2.05, 4.69) is 0 Å². The van der Waals surface area contributed by atoms with E-state index in [0.717, 1.165) is 6.26 Å². The van der Waals surface area contributed by atoms with Gasteiger partial charge in [-0.3, -0.25) is 4.79 Å². The number of sulfone groups is 1. The van der Waals surface area contributed by atoms with Crippen molar-refractivity contribution in [1.29, 1.82) is 0 Å². The molecule has 0 bridgehead atoms. The third kappa shape index (κ3) is 3.93. The average Bonchev–Trinajstić information content (AvgIpc) is 2.33. The summed E-state index contributed by atoms with van der Waals surface area (Å²) in [4.78, 5) is 10.6. The number of ether oxygens (including phenoxy) is 1. The predicted molar refractivity (Wildman–Crippen MR) is 69.9 cm³/mol. The van der Waals surface area contributed by atoms with Crippen LogP contribution >= 0.6 is 0 Å². The van der Waals surface area contributed by atoms with Crippen LogP contribution in [0.2, 0.25) is 0 Å². The molecule has 0 aliphatic heterocycles. The summed E-state index contributed by atoms with van der Waals surface area (Å²) in [7, 11) is -2.07. The highest BCUT2D eigenvalue weighted by Crippen LogP contribution is 2.32. The maximum atomic E-state index is 11.6. The number of benzene rings is 1. The lowest BCUT2D eigenvalue weighted by atomic mass is 10.0. The molecule has 106 valence electrons. The zero-order chi connectivity index (χ0) is 14.6. The molecule has 0 amide bonds. The molecule has 1 unspecified atom stereocenters. The van der Waals surface area contributed by atoms with Crippen molar-refractivity contribution in [2.75, 3.05) is 13.4 Å². The first-order chi connectivity index (χ1) is 8.77. The molecule has 1 atom stereocenters. The largest absolute Gasteiger partial charge is 0.495 e. The molecule has 0 aromatic heterocycles. The maximum Gasteiger partial charge on any atom is 0.303 e. The van der Waals surface area contributed by atoms with E-state index in [1.165, 1.54) is 13.2 Å². The fourth-order valence-electron chi connectivity index (χ4n) is 1.77. The number of carbonyl (C=O) groups is 1. The second-order valence-electron chi connectivity index (χ2n) is 4.19. The predicted octanol–water partition coefficient (Wildman–Crippen LogP) is 0.963. The Morgan fingerprint density at radius 1 is 1.47 bits per heavy atom. The maximum absolute atomic E-state index is 11.6. The number of hydrogen-bond donors (Lipinski definition) is 2. The molecule has 1 aromatic carbocycles. The first kappa shape index (κ1) is 15.5. The van der Waals surface area contributed by atoms with Crippen LogP contribution in [0, 0.1) is 0 Å². The van der Waals surface area contributed by atoms with E-state index in [-0.39, 0.29) is 23.5 Å². The highest BCUT2D eigenvalue weighted by molar-refractivity contribution is 7.90. The molecule has 0 aliphatic rings. The number of carboxylic acid groups (broad SMARTS) is 1. The second-order valence-corrected chi connectivity index (χ2v) is 6.17. The summed E-state index contributed by atoms with van der Waals surface area (Å²) in [5.41, 5.74) is 6.39. The van der Waals surface area contributed by atoms with E-state index in [1.807, 2.05) is 0 Å². The van der Waals surface area contributed by atoms with Gasteiger partial charge in [-0.2, -0.15) is 0 Å². The molecular formula is C12H17NO5S. The summed E-state index contributed by atoms with van der Waals surface area (Å²) in [6.45, 7) is 0. The smallest absolute Gasteiger partial charge is 0.303 e. The van der Waals surface area contributed by atoms with E-state index >= 15 is 0 Å². The van der Waals surface area contributed by atoms with Gasteiger partial charge in [-0.25, -0.2) is 8.42 Å². The van der Waals surface area contributed by atoms with Crippen molar-refractivity contribution in [3.63, 3.8) is 0 Å². The van der Waals surface area contributed by atoms with Crippen LogP contribution in [0.3, 0.4) is 0 Å². The van der Waals surface area contributed by atoms with Gasteiger partial charge < -0.3 is 15.6 Å². The Kier molecular flexibility index (Phi) is 4.90. The van der Waals surface area contributed by atoms with Crippen LogP contribution in [-0.2, 0) is 14.6 Å². The quantitative estimate of drug-likeness (QED) is 0.807. The Balaban J connectivity index is 3.18. The molecular weight excluding hydrogens is 270 g/mol. The van der Waals surface area contributed by atoms with Gasteiger partial charge in [0.15, 0.2) is 9.84 Å². The number of nitrogens with two attached hydrogens (primary N) is 1. The van der Waals surface area contributed by atoms with Gasteiger partial charge in [0.1, 0.15) is 10.6 Å². The van der Waals surface area contributed by atoms with E-state index < -0.39 is 21.8 Å². The van der Waals surface area contributed by atoms with Crippen molar-refractivity contribution < 1.29 is 23.1 Å². The minimum Gasteiger partial charge on any atom is -0.495 e. The summed E-state index contributed by atoms with van der Waals surface area (Å²) in [5, 5.41) is 8.64. The van der Waals surface area contributed by atoms with Crippen molar-refractivity contribution in [3.8, 4) is 5.75 Å². The van der Waals surface area contributed by atoms with Crippen LogP contribution in [0.25, 0.3) is 0 Å². The van der Waals surface area contributed by atoms with Gasteiger partial charge in [0.05, 0.1) is 7.11 Å². The molecule has 0 saturated heterocycles. The first-order valence-corrected chi connectivity index (χ1v) is 7.51. The van der Waals surface area contributed by atoms with Gasteiger partial charge in [-0.05, 0) is 12.5 Å². The minimum absolute atomic E-state index is 0.0540. The summed E-state index contributed by atoms with van der Waals surface area (Å²) >= 11 is 0. The fraction of sp³-hybridized carbons (Fsp3) is 0.417. The molecule has 0 radical (unpaired) electrons. The van der Waals surface area contributed by atoms with Crippen molar-refractivity contribution in [2.24, 2.45) is 5.73 Å². The highest BCUT2D eigenvalue weighted by Gasteiger charge is 2.21. The average molecular weight is 287 g/mol. The summed E-state index contributed by atoms with van der Waals surface area (Å²) < 4.78 is 28.4. The molecule has 0 fully saturated rings. The topological polar surface area (TPSA) is 107 Å². The summed E-state index contributed by atoms with van der Waals surface area (Å²) in [6.07, 6.45) is 1.20. The lowest BCUT2D eigenvalue weighted by Gasteiger charge is -2.17. The number of hydrogen-bond acceptors (Lipinski definition) is 5.